The van der Waals surface area contributed by atoms with Crippen LogP contribution in [0.1, 0.15) is 56.0 Å². The Morgan fingerprint density at radius 2 is 2.05 bits per heavy atom. The maximum Gasteiger partial charge on any atom is 0.0994 e. The zero-order valence-electron chi connectivity index (χ0n) is 13.0. The van der Waals surface area contributed by atoms with E-state index in [2.05, 4.69) is 41.6 Å². The number of hydrogen-bond acceptors (Lipinski definition) is 2. The summed E-state index contributed by atoms with van der Waals surface area (Å²) in [5.74, 6) is 0.591. The topological polar surface area (TPSA) is 43.8 Å². The minimum Gasteiger partial charge on any atom is -0.323 e. The molecule has 1 aromatic heterocycles. The first-order valence-electron chi connectivity index (χ1n) is 8.05. The van der Waals surface area contributed by atoms with Crippen molar-refractivity contribution >= 4 is 0 Å². The Balaban J connectivity index is 2.00. The van der Waals surface area contributed by atoms with Gasteiger partial charge in [-0.2, -0.15) is 0 Å². The summed E-state index contributed by atoms with van der Waals surface area (Å²) in [7, 11) is 0. The normalized spacial score (nSPS) is 16.0. The zero-order chi connectivity index (χ0) is 14.8. The average Bonchev–Trinajstić information content (AvgIpc) is 2.95. The van der Waals surface area contributed by atoms with Crippen molar-refractivity contribution in [1.29, 1.82) is 0 Å². The highest BCUT2D eigenvalue weighted by Gasteiger charge is 2.18. The quantitative estimate of drug-likeness (QED) is 0.927. The molecule has 3 rings (SSSR count). The molecule has 1 atom stereocenters. The number of nitrogens with zero attached hydrogens (tertiary/aromatic N) is 2. The van der Waals surface area contributed by atoms with Crippen LogP contribution in [-0.2, 0) is 12.8 Å². The molecule has 0 saturated heterocycles. The predicted octanol–water partition coefficient (Wildman–Crippen LogP) is 3.80. The van der Waals surface area contributed by atoms with Gasteiger partial charge in [-0.25, -0.2) is 4.98 Å². The van der Waals surface area contributed by atoms with E-state index < -0.39 is 0 Å². The van der Waals surface area contributed by atoms with Crippen LogP contribution in [0, 0.1) is 5.92 Å². The SMILES string of the molecule is CC(C)CC(N)c1cncn1-c1cccc2c1CCCC2. The first-order valence-corrected chi connectivity index (χ1v) is 8.05. The van der Waals surface area contributed by atoms with Crippen LogP contribution in [-0.4, -0.2) is 9.55 Å². The van der Waals surface area contributed by atoms with E-state index in [4.69, 9.17) is 5.73 Å². The molecule has 1 heterocycles. The minimum absolute atomic E-state index is 0.0481. The fraction of sp³-hybridized carbons (Fsp3) is 0.500. The second-order valence-electron chi connectivity index (χ2n) is 6.55. The highest BCUT2D eigenvalue weighted by atomic mass is 15.1. The van der Waals surface area contributed by atoms with E-state index in [1.807, 2.05) is 12.5 Å². The van der Waals surface area contributed by atoms with Crippen LogP contribution in [0.2, 0.25) is 0 Å². The number of benzene rings is 1. The van der Waals surface area contributed by atoms with E-state index in [1.165, 1.54) is 42.5 Å². The number of aromatic nitrogens is 2. The second-order valence-corrected chi connectivity index (χ2v) is 6.55. The number of rotatable bonds is 4. The molecule has 1 aromatic carbocycles. The van der Waals surface area contributed by atoms with Gasteiger partial charge in [-0.3, -0.25) is 0 Å². The standard InChI is InChI=1S/C18H25N3/c1-13(2)10-16(19)18-11-20-12-21(18)17-9-5-7-14-6-3-4-8-15(14)17/h5,7,9,11-13,16H,3-4,6,8,10,19H2,1-2H3. The fourth-order valence-electron chi connectivity index (χ4n) is 3.40. The highest BCUT2D eigenvalue weighted by Crippen LogP contribution is 2.29. The van der Waals surface area contributed by atoms with Gasteiger partial charge in [0.2, 0.25) is 0 Å². The Morgan fingerprint density at radius 3 is 2.86 bits per heavy atom. The smallest absolute Gasteiger partial charge is 0.0994 e. The predicted molar refractivity (Wildman–Crippen MR) is 86.6 cm³/mol. The van der Waals surface area contributed by atoms with E-state index in [-0.39, 0.29) is 6.04 Å². The van der Waals surface area contributed by atoms with Crippen molar-refractivity contribution < 1.29 is 0 Å². The van der Waals surface area contributed by atoms with Gasteiger partial charge in [0.05, 0.1) is 23.9 Å². The number of hydrogen-bond donors (Lipinski definition) is 1. The summed E-state index contributed by atoms with van der Waals surface area (Å²) in [5, 5.41) is 0. The van der Waals surface area contributed by atoms with Crippen LogP contribution in [0.15, 0.2) is 30.7 Å². The lowest BCUT2D eigenvalue weighted by molar-refractivity contribution is 0.497. The Hall–Kier alpha value is -1.61. The number of nitrogens with two attached hydrogens (primary N) is 1. The van der Waals surface area contributed by atoms with Gasteiger partial charge in [0, 0.05) is 6.04 Å². The van der Waals surface area contributed by atoms with Crippen molar-refractivity contribution in [2.45, 2.75) is 52.0 Å². The van der Waals surface area contributed by atoms with Gasteiger partial charge in [-0.1, -0.05) is 26.0 Å². The summed E-state index contributed by atoms with van der Waals surface area (Å²) >= 11 is 0. The van der Waals surface area contributed by atoms with Crippen LogP contribution in [0.5, 0.6) is 0 Å². The van der Waals surface area contributed by atoms with Crippen molar-refractivity contribution in [3.05, 3.63) is 47.5 Å². The van der Waals surface area contributed by atoms with Crippen LogP contribution < -0.4 is 5.73 Å². The summed E-state index contributed by atoms with van der Waals surface area (Å²) in [6, 6.07) is 6.68. The molecule has 0 spiro atoms. The van der Waals surface area contributed by atoms with E-state index in [1.54, 1.807) is 0 Å². The molecular weight excluding hydrogens is 258 g/mol. The molecule has 0 radical (unpaired) electrons. The van der Waals surface area contributed by atoms with E-state index in [0.717, 1.165) is 12.1 Å². The monoisotopic (exact) mass is 283 g/mol. The fourth-order valence-corrected chi connectivity index (χ4v) is 3.40. The van der Waals surface area contributed by atoms with Crippen molar-refractivity contribution in [2.24, 2.45) is 11.7 Å². The molecule has 3 nitrogen and oxygen atoms in total. The summed E-state index contributed by atoms with van der Waals surface area (Å²) < 4.78 is 2.21. The molecule has 0 fully saturated rings. The molecule has 0 aliphatic heterocycles. The largest absolute Gasteiger partial charge is 0.323 e. The number of imidazole rings is 1. The van der Waals surface area contributed by atoms with E-state index in [9.17, 15) is 0 Å². The van der Waals surface area contributed by atoms with Gasteiger partial charge in [0.1, 0.15) is 0 Å². The van der Waals surface area contributed by atoms with Crippen molar-refractivity contribution in [2.75, 3.05) is 0 Å². The van der Waals surface area contributed by atoms with Gasteiger partial charge in [-0.05, 0) is 55.2 Å². The molecule has 1 aliphatic carbocycles. The molecule has 2 N–H and O–H groups in total. The van der Waals surface area contributed by atoms with Gasteiger partial charge in [-0.15, -0.1) is 0 Å². The van der Waals surface area contributed by atoms with Gasteiger partial charge >= 0.3 is 0 Å². The Kier molecular flexibility index (Phi) is 4.11. The molecule has 0 amide bonds. The molecule has 21 heavy (non-hydrogen) atoms. The maximum atomic E-state index is 6.39. The zero-order valence-corrected chi connectivity index (χ0v) is 13.0. The summed E-state index contributed by atoms with van der Waals surface area (Å²) in [4.78, 5) is 4.36. The third-order valence-corrected chi connectivity index (χ3v) is 4.40. The van der Waals surface area contributed by atoms with Gasteiger partial charge in [0.25, 0.3) is 0 Å². The van der Waals surface area contributed by atoms with Crippen LogP contribution in [0.3, 0.4) is 0 Å². The Bertz CT molecular complexity index is 613. The Morgan fingerprint density at radius 1 is 1.24 bits per heavy atom. The molecule has 0 bridgehead atoms. The van der Waals surface area contributed by atoms with E-state index in [0.29, 0.717) is 5.92 Å². The molecule has 1 aliphatic rings. The van der Waals surface area contributed by atoms with Crippen LogP contribution in [0.25, 0.3) is 5.69 Å². The van der Waals surface area contributed by atoms with Crippen LogP contribution >= 0.6 is 0 Å². The lowest BCUT2D eigenvalue weighted by Crippen LogP contribution is -2.18. The van der Waals surface area contributed by atoms with E-state index >= 15 is 0 Å². The maximum absolute atomic E-state index is 6.39. The number of fused-ring (bicyclic) bond motifs is 1. The highest BCUT2D eigenvalue weighted by molar-refractivity contribution is 5.48. The van der Waals surface area contributed by atoms with Crippen molar-refractivity contribution in [3.63, 3.8) is 0 Å². The summed E-state index contributed by atoms with van der Waals surface area (Å²) in [6.07, 6.45) is 9.79. The average molecular weight is 283 g/mol. The van der Waals surface area contributed by atoms with Crippen molar-refractivity contribution in [3.8, 4) is 5.69 Å². The molecule has 2 aromatic rings. The summed E-state index contributed by atoms with van der Waals surface area (Å²) in [6.45, 7) is 4.43. The van der Waals surface area contributed by atoms with Crippen LogP contribution in [0.4, 0.5) is 0 Å². The van der Waals surface area contributed by atoms with Gasteiger partial charge < -0.3 is 10.3 Å². The molecule has 112 valence electrons. The molecule has 3 heteroatoms. The summed E-state index contributed by atoms with van der Waals surface area (Å²) in [5.41, 5.74) is 11.8. The Labute approximate surface area is 127 Å². The third-order valence-electron chi connectivity index (χ3n) is 4.40. The second kappa shape index (κ2) is 6.02. The molecule has 1 unspecified atom stereocenters. The number of aryl methyl sites for hydroxylation is 1. The first kappa shape index (κ1) is 14.3. The molecule has 0 saturated carbocycles. The minimum atomic E-state index is 0.0481. The lowest BCUT2D eigenvalue weighted by atomic mass is 9.90. The van der Waals surface area contributed by atoms with Crippen molar-refractivity contribution in [1.82, 2.24) is 9.55 Å². The third kappa shape index (κ3) is 2.88. The van der Waals surface area contributed by atoms with Gasteiger partial charge in [0.15, 0.2) is 0 Å². The lowest BCUT2D eigenvalue weighted by Gasteiger charge is -2.22. The first-order chi connectivity index (χ1) is 10.2. The molecular formula is C18H25N3.